The van der Waals surface area contributed by atoms with Crippen LogP contribution in [-0.4, -0.2) is 27.6 Å². The molecule has 1 unspecified atom stereocenters. The van der Waals surface area contributed by atoms with Gasteiger partial charge in [0.15, 0.2) is 5.58 Å². The van der Waals surface area contributed by atoms with Crippen molar-refractivity contribution in [3.05, 3.63) is 34.3 Å². The molecule has 25 heavy (non-hydrogen) atoms. The zero-order valence-electron chi connectivity index (χ0n) is 15.4. The van der Waals surface area contributed by atoms with E-state index in [1.807, 2.05) is 17.0 Å². The van der Waals surface area contributed by atoms with E-state index >= 15 is 0 Å². The van der Waals surface area contributed by atoms with E-state index in [0.29, 0.717) is 24.0 Å². The van der Waals surface area contributed by atoms with Gasteiger partial charge in [-0.05, 0) is 55.7 Å². The van der Waals surface area contributed by atoms with Gasteiger partial charge in [0.2, 0.25) is 0 Å². The van der Waals surface area contributed by atoms with Crippen molar-refractivity contribution in [2.45, 2.75) is 51.5 Å². The first-order valence-electron chi connectivity index (χ1n) is 8.88. The summed E-state index contributed by atoms with van der Waals surface area (Å²) in [4.78, 5) is 25.4. The number of aromatic nitrogens is 1. The lowest BCUT2D eigenvalue weighted by molar-refractivity contribution is 0.0678. The van der Waals surface area contributed by atoms with Crippen molar-refractivity contribution < 1.29 is 9.21 Å². The molecule has 0 saturated carbocycles. The minimum atomic E-state index is -0.347. The van der Waals surface area contributed by atoms with Crippen LogP contribution in [0, 0.1) is 5.92 Å². The second-order valence-corrected chi connectivity index (χ2v) is 7.93. The molecule has 2 aromatic rings. The highest BCUT2D eigenvalue weighted by molar-refractivity contribution is 5.74. The van der Waals surface area contributed by atoms with Crippen LogP contribution >= 0.6 is 0 Å². The maximum absolute atomic E-state index is 11.9. The van der Waals surface area contributed by atoms with Crippen LogP contribution in [0.4, 0.5) is 4.79 Å². The summed E-state index contributed by atoms with van der Waals surface area (Å²) in [7, 11) is 1.71. The molecule has 0 spiro atoms. The number of rotatable bonds is 3. The summed E-state index contributed by atoms with van der Waals surface area (Å²) in [6.45, 7) is 7.11. The molecule has 0 radical (unpaired) electrons. The topological polar surface area (TPSA) is 81.5 Å². The van der Waals surface area contributed by atoms with Crippen molar-refractivity contribution in [2.24, 2.45) is 18.7 Å². The minimum Gasteiger partial charge on any atom is -0.408 e. The maximum Gasteiger partial charge on any atom is 0.419 e. The maximum atomic E-state index is 11.9. The zero-order chi connectivity index (χ0) is 18.4. The van der Waals surface area contributed by atoms with Gasteiger partial charge in [-0.2, -0.15) is 0 Å². The molecule has 1 aromatic heterocycles. The molecule has 2 amide bonds. The van der Waals surface area contributed by atoms with E-state index in [0.717, 1.165) is 30.3 Å². The monoisotopic (exact) mass is 345 g/mol. The number of urea groups is 1. The van der Waals surface area contributed by atoms with E-state index in [-0.39, 0.29) is 17.3 Å². The van der Waals surface area contributed by atoms with Gasteiger partial charge in [0.1, 0.15) is 0 Å². The normalized spacial score (nSPS) is 24.2. The summed E-state index contributed by atoms with van der Waals surface area (Å²) in [5.74, 6) is 0.440. The second kappa shape index (κ2) is 6.24. The number of nitrogens with zero attached hydrogens (tertiary/aromatic N) is 2. The minimum absolute atomic E-state index is 0.255. The molecule has 6 heteroatoms. The van der Waals surface area contributed by atoms with Crippen LogP contribution in [0.1, 0.15) is 51.5 Å². The Morgan fingerprint density at radius 2 is 2.16 bits per heavy atom. The van der Waals surface area contributed by atoms with Gasteiger partial charge in [-0.3, -0.25) is 4.57 Å². The average Bonchev–Trinajstić information content (AvgIpc) is 2.79. The quantitative estimate of drug-likeness (QED) is 0.927. The SMILES string of the molecule is CC(C)C[C@@]1(C)CC(c2ccc3c(c2)oc(=O)n3C)CCN1C(N)=O. The predicted molar refractivity (Wildman–Crippen MR) is 97.6 cm³/mol. The van der Waals surface area contributed by atoms with E-state index in [1.165, 1.54) is 4.57 Å². The summed E-state index contributed by atoms with van der Waals surface area (Å²) < 4.78 is 6.84. The largest absolute Gasteiger partial charge is 0.419 e. The van der Waals surface area contributed by atoms with Gasteiger partial charge in [-0.25, -0.2) is 9.59 Å². The summed E-state index contributed by atoms with van der Waals surface area (Å²) in [5, 5.41) is 0. The molecule has 136 valence electrons. The lowest BCUT2D eigenvalue weighted by Gasteiger charge is -2.48. The van der Waals surface area contributed by atoms with E-state index in [4.69, 9.17) is 10.2 Å². The first-order chi connectivity index (χ1) is 11.7. The zero-order valence-corrected chi connectivity index (χ0v) is 15.4. The standard InChI is InChI=1S/C19H27N3O3/c1-12(2)10-19(3)11-14(7-8-22(19)17(20)23)13-5-6-15-16(9-13)25-18(24)21(15)4/h5-6,9,12,14H,7-8,10-11H2,1-4H3,(H2,20,23)/t14?,19-/m0/s1. The Hall–Kier alpha value is -2.24. The molecule has 3 rings (SSSR count). The molecule has 2 atom stereocenters. The van der Waals surface area contributed by atoms with Gasteiger partial charge in [0.05, 0.1) is 5.52 Å². The average molecular weight is 345 g/mol. The van der Waals surface area contributed by atoms with Crippen LogP contribution in [0.5, 0.6) is 0 Å². The lowest BCUT2D eigenvalue weighted by Crippen LogP contribution is -2.56. The fourth-order valence-corrected chi connectivity index (χ4v) is 4.44. The molecule has 0 aliphatic carbocycles. The van der Waals surface area contributed by atoms with Crippen molar-refractivity contribution in [3.63, 3.8) is 0 Å². The number of hydrogen-bond acceptors (Lipinski definition) is 3. The number of fused-ring (bicyclic) bond motifs is 1. The number of primary amides is 1. The molecule has 1 saturated heterocycles. The number of amides is 2. The number of piperidine rings is 1. The smallest absolute Gasteiger partial charge is 0.408 e. The Balaban J connectivity index is 1.93. The Morgan fingerprint density at radius 3 is 2.80 bits per heavy atom. The van der Waals surface area contributed by atoms with Crippen LogP contribution in [0.2, 0.25) is 0 Å². The van der Waals surface area contributed by atoms with Crippen LogP contribution in [0.3, 0.4) is 0 Å². The first kappa shape index (κ1) is 17.6. The second-order valence-electron chi connectivity index (χ2n) is 7.93. The van der Waals surface area contributed by atoms with Gasteiger partial charge in [-0.15, -0.1) is 0 Å². The number of nitrogens with two attached hydrogens (primary N) is 1. The molecule has 6 nitrogen and oxygen atoms in total. The fourth-order valence-electron chi connectivity index (χ4n) is 4.44. The van der Waals surface area contributed by atoms with Crippen molar-refractivity contribution in [3.8, 4) is 0 Å². The fraction of sp³-hybridized carbons (Fsp3) is 0.579. The molecule has 1 aliphatic heterocycles. The van der Waals surface area contributed by atoms with Gasteiger partial charge in [-0.1, -0.05) is 19.9 Å². The molecule has 1 aliphatic rings. The van der Waals surface area contributed by atoms with Gasteiger partial charge in [0.25, 0.3) is 0 Å². The van der Waals surface area contributed by atoms with Crippen molar-refractivity contribution in [1.82, 2.24) is 9.47 Å². The van der Waals surface area contributed by atoms with Crippen LogP contribution in [0.25, 0.3) is 11.1 Å². The third-order valence-electron chi connectivity index (χ3n) is 5.44. The highest BCUT2D eigenvalue weighted by Crippen LogP contribution is 2.41. The molecular formula is C19H27N3O3. The molecule has 2 N–H and O–H groups in total. The van der Waals surface area contributed by atoms with Crippen LogP contribution < -0.4 is 11.5 Å². The van der Waals surface area contributed by atoms with Gasteiger partial charge in [0, 0.05) is 19.1 Å². The van der Waals surface area contributed by atoms with E-state index in [1.54, 1.807) is 7.05 Å². The lowest BCUT2D eigenvalue weighted by atomic mass is 9.74. The van der Waals surface area contributed by atoms with Crippen LogP contribution in [0.15, 0.2) is 27.4 Å². The number of benzene rings is 1. The first-order valence-corrected chi connectivity index (χ1v) is 8.88. The Bertz CT molecular complexity index is 851. The summed E-state index contributed by atoms with van der Waals surface area (Å²) in [6.07, 6.45) is 2.63. The molecule has 1 fully saturated rings. The highest BCUT2D eigenvalue weighted by Gasteiger charge is 2.41. The third kappa shape index (κ3) is 3.17. The molecular weight excluding hydrogens is 318 g/mol. The van der Waals surface area contributed by atoms with Crippen molar-refractivity contribution in [1.29, 1.82) is 0 Å². The van der Waals surface area contributed by atoms with E-state index < -0.39 is 0 Å². The van der Waals surface area contributed by atoms with Crippen molar-refractivity contribution in [2.75, 3.05) is 6.54 Å². The summed E-state index contributed by atoms with van der Waals surface area (Å²) in [6, 6.07) is 5.64. The highest BCUT2D eigenvalue weighted by atomic mass is 16.4. The van der Waals surface area contributed by atoms with Crippen molar-refractivity contribution >= 4 is 17.1 Å². The Kier molecular flexibility index (Phi) is 4.39. The number of carbonyl (C=O) groups excluding carboxylic acids is 1. The number of hydrogen-bond donors (Lipinski definition) is 1. The van der Waals surface area contributed by atoms with Crippen LogP contribution in [-0.2, 0) is 7.05 Å². The number of aryl methyl sites for hydroxylation is 1. The molecule has 2 heterocycles. The molecule has 1 aromatic carbocycles. The number of carbonyl (C=O) groups is 1. The molecule has 0 bridgehead atoms. The van der Waals surface area contributed by atoms with Gasteiger partial charge < -0.3 is 15.1 Å². The summed E-state index contributed by atoms with van der Waals surface area (Å²) in [5.41, 5.74) is 7.95. The predicted octanol–water partition coefficient (Wildman–Crippen LogP) is 3.19. The van der Waals surface area contributed by atoms with E-state index in [9.17, 15) is 9.59 Å². The summed E-state index contributed by atoms with van der Waals surface area (Å²) >= 11 is 0. The Labute approximate surface area is 147 Å². The van der Waals surface area contributed by atoms with Gasteiger partial charge >= 0.3 is 11.8 Å². The number of oxazole rings is 1. The van der Waals surface area contributed by atoms with E-state index in [2.05, 4.69) is 26.8 Å². The third-order valence-corrected chi connectivity index (χ3v) is 5.44. The Morgan fingerprint density at radius 1 is 1.44 bits per heavy atom. The number of likely N-dealkylation sites (tertiary alicyclic amines) is 1.